The minimum atomic E-state index is -2.25. The molecule has 0 aromatic heterocycles. The number of methoxy groups -OCH3 is 2. The van der Waals surface area contributed by atoms with Crippen LogP contribution in [0.1, 0.15) is 57.3 Å². The van der Waals surface area contributed by atoms with E-state index in [2.05, 4.69) is 0 Å². The largest absolute Gasteiger partial charge is 0.497 e. The van der Waals surface area contributed by atoms with Crippen molar-refractivity contribution >= 4 is 17.9 Å². The highest BCUT2D eigenvalue weighted by molar-refractivity contribution is 6.31. The Kier molecular flexibility index (Phi) is 21.0. The summed E-state index contributed by atoms with van der Waals surface area (Å²) in [4.78, 5) is 10.6. The molecule has 0 radical (unpaired) electrons. The Morgan fingerprint density at radius 2 is 1.01 bits per heavy atom. The fraction of sp³-hybridized carbons (Fsp3) is 0.317. The van der Waals surface area contributed by atoms with Gasteiger partial charge < -0.3 is 57.3 Å². The van der Waals surface area contributed by atoms with E-state index < -0.39 is 29.7 Å². The Morgan fingerprint density at radius 1 is 0.526 bits per heavy atom. The van der Waals surface area contributed by atoms with Crippen molar-refractivity contribution < 1.29 is 57.3 Å². The second kappa shape index (κ2) is 28.6. The van der Waals surface area contributed by atoms with Gasteiger partial charge in [0.2, 0.25) is 5.79 Å². The molecular weight excluding hydrogens is 984 g/mol. The molecule has 12 nitrogen and oxygen atoms in total. The van der Waals surface area contributed by atoms with Gasteiger partial charge in [0.05, 0.1) is 73.7 Å². The van der Waals surface area contributed by atoms with Crippen LogP contribution < -0.4 is 14.2 Å². The van der Waals surface area contributed by atoms with Gasteiger partial charge in [-0.05, 0) is 93.9 Å². The quantitative estimate of drug-likeness (QED) is 0.0340. The lowest BCUT2D eigenvalue weighted by molar-refractivity contribution is -0.414. The molecule has 0 unspecified atom stereocenters. The fourth-order valence-electron chi connectivity index (χ4n) is 9.08. The highest BCUT2D eigenvalue weighted by Crippen LogP contribution is 2.47. The lowest BCUT2D eigenvalue weighted by Gasteiger charge is -2.56. The molecule has 4 atom stereocenters. The molecule has 76 heavy (non-hydrogen) atoms. The maximum absolute atomic E-state index is 14.0. The van der Waals surface area contributed by atoms with Crippen LogP contribution in [0.25, 0.3) is 0 Å². The third-order valence-electron chi connectivity index (χ3n) is 13.1. The summed E-state index contributed by atoms with van der Waals surface area (Å²) < 4.78 is 64.6. The number of rotatable bonds is 30. The first-order valence-corrected chi connectivity index (χ1v) is 26.0. The van der Waals surface area contributed by atoms with E-state index >= 15 is 0 Å². The summed E-state index contributed by atoms with van der Waals surface area (Å²) in [6.07, 6.45) is -0.884. The Labute approximate surface area is 451 Å². The van der Waals surface area contributed by atoms with Crippen molar-refractivity contribution in [2.75, 3.05) is 47.3 Å². The van der Waals surface area contributed by atoms with Gasteiger partial charge in [-0.25, -0.2) is 0 Å². The summed E-state index contributed by atoms with van der Waals surface area (Å²) in [5, 5.41) is 14.5. The number of benzene rings is 7. The predicted octanol–water partition coefficient (Wildman–Crippen LogP) is 11.4. The maximum atomic E-state index is 14.0. The van der Waals surface area contributed by atoms with Crippen LogP contribution in [0.5, 0.6) is 17.2 Å². The second-order valence-corrected chi connectivity index (χ2v) is 19.0. The Balaban J connectivity index is 1.20. The van der Waals surface area contributed by atoms with Crippen LogP contribution in [0.2, 0.25) is 5.02 Å². The zero-order valence-corrected chi connectivity index (χ0v) is 43.9. The van der Waals surface area contributed by atoms with Gasteiger partial charge in [-0.1, -0.05) is 145 Å². The molecule has 0 aliphatic carbocycles. The van der Waals surface area contributed by atoms with E-state index in [0.29, 0.717) is 55.4 Å². The summed E-state index contributed by atoms with van der Waals surface area (Å²) in [5.41, 5.74) is 4.98. The Bertz CT molecular complexity index is 2730. The van der Waals surface area contributed by atoms with Crippen molar-refractivity contribution in [3.05, 3.63) is 232 Å². The van der Waals surface area contributed by atoms with Crippen LogP contribution in [0.3, 0.4) is 0 Å². The average Bonchev–Trinajstić information content (AvgIpc) is 3.47. The standard InChI is InChI=1S/C63H67ClO12/c1-67-55-27-22-51(23-28-55)40-70-45-62(46-71-41-52-24-29-56(68-2)30-25-52)60(74-43-49-16-8-4-9-17-49)59(73-42-48-14-6-3-7-15-48)61(75-44-50-18-10-5-11-19-50)63(66,76-62)54-26-33-58(64)53(39-54)38-47-20-31-57(32-21-47)72-37-13-36-69-35-12-34-65/h3-11,14-34,39,59-61,66H,12-13,35-38,40-46H2,1-2H3/t59-,60-,61-,63-/m0/s1. The number of aldehydes is 1. The zero-order chi connectivity index (χ0) is 52.8. The Hall–Kier alpha value is -6.42. The van der Waals surface area contributed by atoms with Crippen molar-refractivity contribution in [1.82, 2.24) is 0 Å². The molecule has 13 heteroatoms. The molecule has 7 aromatic rings. The molecule has 398 valence electrons. The first kappa shape index (κ1) is 55.8. The van der Waals surface area contributed by atoms with Crippen LogP contribution in [0.4, 0.5) is 0 Å². The minimum absolute atomic E-state index is 0.102. The highest BCUT2D eigenvalue weighted by Gasteiger charge is 2.64. The summed E-state index contributed by atoms with van der Waals surface area (Å²) in [5.74, 6) is -0.0943. The molecule has 0 amide bonds. The topological polar surface area (TPSA) is 130 Å². The van der Waals surface area contributed by atoms with Crippen molar-refractivity contribution in [1.29, 1.82) is 0 Å². The lowest BCUT2D eigenvalue weighted by atomic mass is 9.80. The van der Waals surface area contributed by atoms with Crippen LogP contribution in [-0.2, 0) is 83.2 Å². The van der Waals surface area contributed by atoms with Gasteiger partial charge in [0.15, 0.2) is 0 Å². The van der Waals surface area contributed by atoms with Crippen LogP contribution in [0.15, 0.2) is 182 Å². The minimum Gasteiger partial charge on any atom is -0.497 e. The predicted molar refractivity (Wildman–Crippen MR) is 290 cm³/mol. The van der Waals surface area contributed by atoms with E-state index in [9.17, 15) is 9.90 Å². The average molecular weight is 1050 g/mol. The monoisotopic (exact) mass is 1050 g/mol. The first-order valence-electron chi connectivity index (χ1n) is 25.6. The Morgan fingerprint density at radius 3 is 1.54 bits per heavy atom. The van der Waals surface area contributed by atoms with Crippen molar-refractivity contribution in [2.24, 2.45) is 0 Å². The van der Waals surface area contributed by atoms with E-state index in [-0.39, 0.29) is 46.2 Å². The van der Waals surface area contributed by atoms with Gasteiger partial charge in [-0.15, -0.1) is 0 Å². The van der Waals surface area contributed by atoms with Crippen molar-refractivity contribution in [3.8, 4) is 17.2 Å². The summed E-state index contributed by atoms with van der Waals surface area (Å²) in [7, 11) is 3.26. The molecule has 0 spiro atoms. The first-order chi connectivity index (χ1) is 37.3. The van der Waals surface area contributed by atoms with E-state index in [1.807, 2.05) is 170 Å². The SMILES string of the molecule is COc1ccc(COCC2(COCc3ccc(OC)cc3)O[C@@](O)(c3ccc(Cl)c(Cc4ccc(OCCCOCCC=O)cc4)c3)[C@@H](OCc3ccccc3)[C@@H](OCc3ccccc3)[C@@H]2OCc2ccccc2)cc1. The molecule has 1 aliphatic rings. The molecule has 1 fully saturated rings. The summed E-state index contributed by atoms with van der Waals surface area (Å²) in [6.45, 7) is 1.94. The van der Waals surface area contributed by atoms with Gasteiger partial charge >= 0.3 is 0 Å². The van der Waals surface area contributed by atoms with E-state index in [1.165, 1.54) is 0 Å². The second-order valence-electron chi connectivity index (χ2n) is 18.6. The van der Waals surface area contributed by atoms with Gasteiger partial charge in [-0.2, -0.15) is 0 Å². The number of ether oxygens (including phenoxy) is 10. The van der Waals surface area contributed by atoms with Gasteiger partial charge in [0.25, 0.3) is 0 Å². The third-order valence-corrected chi connectivity index (χ3v) is 13.5. The molecular formula is C63H67ClO12. The number of hydrogen-bond acceptors (Lipinski definition) is 12. The van der Waals surface area contributed by atoms with E-state index in [1.54, 1.807) is 26.4 Å². The van der Waals surface area contributed by atoms with Gasteiger partial charge in [0.1, 0.15) is 47.4 Å². The molecule has 7 aromatic carbocycles. The normalized spacial score (nSPS) is 18.0. The number of halogens is 1. The van der Waals surface area contributed by atoms with Gasteiger partial charge in [-0.3, -0.25) is 0 Å². The summed E-state index contributed by atoms with van der Waals surface area (Å²) >= 11 is 7.08. The van der Waals surface area contributed by atoms with E-state index in [0.717, 1.165) is 56.7 Å². The number of carbonyl (C=O) groups is 1. The van der Waals surface area contributed by atoms with E-state index in [4.69, 9.17) is 59.0 Å². The molecule has 0 saturated carbocycles. The molecule has 1 saturated heterocycles. The highest BCUT2D eigenvalue weighted by atomic mass is 35.5. The molecule has 1 heterocycles. The van der Waals surface area contributed by atoms with Crippen LogP contribution in [-0.4, -0.2) is 82.6 Å². The number of hydrogen-bond donors (Lipinski definition) is 1. The summed E-state index contributed by atoms with van der Waals surface area (Å²) in [6, 6.07) is 58.1. The van der Waals surface area contributed by atoms with Gasteiger partial charge in [0, 0.05) is 30.0 Å². The fourth-order valence-corrected chi connectivity index (χ4v) is 9.26. The van der Waals surface area contributed by atoms with Crippen LogP contribution >= 0.6 is 11.6 Å². The zero-order valence-electron chi connectivity index (χ0n) is 43.1. The maximum Gasteiger partial charge on any atom is 0.223 e. The molecule has 1 N–H and O–H groups in total. The molecule has 1 aliphatic heterocycles. The molecule has 8 rings (SSSR count). The smallest absolute Gasteiger partial charge is 0.223 e. The number of carbonyl (C=O) groups excluding carboxylic acids is 1. The number of aliphatic hydroxyl groups is 1. The third kappa shape index (κ3) is 15.6. The lowest BCUT2D eigenvalue weighted by Crippen LogP contribution is -2.72. The van der Waals surface area contributed by atoms with Crippen molar-refractivity contribution in [3.63, 3.8) is 0 Å². The van der Waals surface area contributed by atoms with Crippen molar-refractivity contribution in [2.45, 2.75) is 82.0 Å². The van der Waals surface area contributed by atoms with Crippen LogP contribution in [0, 0.1) is 0 Å². The molecule has 0 bridgehead atoms.